The van der Waals surface area contributed by atoms with Gasteiger partial charge in [0.15, 0.2) is 0 Å². The average molecular weight is 687 g/mol. The van der Waals surface area contributed by atoms with Crippen molar-refractivity contribution in [2.75, 3.05) is 44.3 Å². The van der Waals surface area contributed by atoms with E-state index in [9.17, 15) is 9.59 Å². The molecule has 2 amide bonds. The van der Waals surface area contributed by atoms with E-state index in [1.165, 1.54) is 57.2 Å². The molecular weight excluding hydrogens is 620 g/mol. The topological polar surface area (TPSA) is 73.9 Å². The Morgan fingerprint density at radius 1 is 1.00 bits per heavy atom. The van der Waals surface area contributed by atoms with E-state index in [2.05, 4.69) is 98.4 Å². The molecule has 50 heavy (non-hydrogen) atoms. The molecule has 0 aromatic heterocycles. The molecule has 3 fully saturated rings. The van der Waals surface area contributed by atoms with Crippen LogP contribution in [0.4, 0.5) is 5.69 Å². The predicted octanol–water partition coefficient (Wildman–Crippen LogP) is 8.52. The van der Waals surface area contributed by atoms with Gasteiger partial charge in [0.25, 0.3) is 5.91 Å². The first-order valence-corrected chi connectivity index (χ1v) is 20.0. The van der Waals surface area contributed by atoms with E-state index in [0.29, 0.717) is 18.2 Å². The maximum absolute atomic E-state index is 14.1. The van der Waals surface area contributed by atoms with Crippen molar-refractivity contribution in [1.82, 2.24) is 15.5 Å². The van der Waals surface area contributed by atoms with E-state index in [1.807, 2.05) is 0 Å². The van der Waals surface area contributed by atoms with Crippen LogP contribution in [0.3, 0.4) is 0 Å². The van der Waals surface area contributed by atoms with Crippen molar-refractivity contribution in [3.05, 3.63) is 53.1 Å². The minimum atomic E-state index is -0.236. The smallest absolute Gasteiger partial charge is 0.251 e. The van der Waals surface area contributed by atoms with Gasteiger partial charge in [0, 0.05) is 55.7 Å². The van der Waals surface area contributed by atoms with Crippen molar-refractivity contribution in [2.24, 2.45) is 17.8 Å². The summed E-state index contributed by atoms with van der Waals surface area (Å²) in [4.78, 5) is 32.6. The lowest BCUT2D eigenvalue weighted by Crippen LogP contribution is -2.57. The fraction of sp³-hybridized carbons (Fsp3) is 0.674. The van der Waals surface area contributed by atoms with Gasteiger partial charge < -0.3 is 20.3 Å². The largest absolute Gasteiger partial charge is 0.381 e. The van der Waals surface area contributed by atoms with Gasteiger partial charge in [-0.15, -0.1) is 0 Å². The predicted molar refractivity (Wildman–Crippen MR) is 207 cm³/mol. The van der Waals surface area contributed by atoms with Gasteiger partial charge >= 0.3 is 0 Å². The molecule has 0 saturated carbocycles. The lowest BCUT2D eigenvalue weighted by Gasteiger charge is -2.42. The first kappa shape index (κ1) is 38.3. The summed E-state index contributed by atoms with van der Waals surface area (Å²) in [7, 11) is 0. The van der Waals surface area contributed by atoms with E-state index >= 15 is 0 Å². The van der Waals surface area contributed by atoms with Crippen LogP contribution < -0.4 is 15.5 Å². The Labute approximate surface area is 303 Å². The molecule has 3 heterocycles. The number of anilines is 1. The highest BCUT2D eigenvalue weighted by Gasteiger charge is 2.40. The second-order valence-electron chi connectivity index (χ2n) is 16.2. The molecule has 0 bridgehead atoms. The number of carbonyl (C=O) groups excluding carboxylic acids is 2. The second-order valence-corrected chi connectivity index (χ2v) is 16.2. The van der Waals surface area contributed by atoms with Gasteiger partial charge in [0.05, 0.1) is 5.92 Å². The molecule has 2 aromatic carbocycles. The highest BCUT2D eigenvalue weighted by atomic mass is 16.5. The molecule has 4 unspecified atom stereocenters. The van der Waals surface area contributed by atoms with E-state index in [0.717, 1.165) is 86.7 Å². The summed E-state index contributed by atoms with van der Waals surface area (Å²) in [5, 5.41) is 6.55. The summed E-state index contributed by atoms with van der Waals surface area (Å²) < 4.78 is 5.72. The van der Waals surface area contributed by atoms with Crippen LogP contribution in [0.1, 0.15) is 127 Å². The third-order valence-electron chi connectivity index (χ3n) is 12.0. The number of likely N-dealkylation sites (tertiary alicyclic amines) is 1. The van der Waals surface area contributed by atoms with Crippen LogP contribution >= 0.6 is 0 Å². The van der Waals surface area contributed by atoms with Crippen molar-refractivity contribution in [2.45, 2.75) is 130 Å². The van der Waals surface area contributed by atoms with Crippen molar-refractivity contribution >= 4 is 17.5 Å². The first-order valence-electron chi connectivity index (χ1n) is 20.0. The third-order valence-corrected chi connectivity index (χ3v) is 12.0. The van der Waals surface area contributed by atoms with Crippen molar-refractivity contribution in [1.29, 1.82) is 0 Å². The molecule has 2 aromatic rings. The van der Waals surface area contributed by atoms with Crippen LogP contribution in [0.15, 0.2) is 36.4 Å². The fourth-order valence-electron chi connectivity index (χ4n) is 8.80. The SMILES string of the molecule is CCCCCC1(C)CC(C)C(CNC(=O)c2cc(-c3ccc(CN4CCCCC(C)CC4)cc3)cc(N(CC)C3CCOCC3)c2C)C(=O)N1. The van der Waals surface area contributed by atoms with Gasteiger partial charge in [-0.25, -0.2) is 0 Å². The zero-order valence-electron chi connectivity index (χ0n) is 32.1. The molecule has 2 N–H and O–H groups in total. The van der Waals surface area contributed by atoms with Gasteiger partial charge in [-0.2, -0.15) is 0 Å². The number of hydrogen-bond donors (Lipinski definition) is 2. The zero-order chi connectivity index (χ0) is 35.7. The maximum Gasteiger partial charge on any atom is 0.251 e. The molecule has 7 heteroatoms. The van der Waals surface area contributed by atoms with E-state index < -0.39 is 0 Å². The summed E-state index contributed by atoms with van der Waals surface area (Å²) in [5.41, 5.74) is 6.15. The number of carbonyl (C=O) groups is 2. The van der Waals surface area contributed by atoms with Crippen LogP contribution in [0.2, 0.25) is 0 Å². The van der Waals surface area contributed by atoms with Gasteiger partial charge in [-0.3, -0.25) is 14.5 Å². The number of benzene rings is 2. The van der Waals surface area contributed by atoms with Gasteiger partial charge in [-0.05, 0) is 119 Å². The monoisotopic (exact) mass is 687 g/mol. The summed E-state index contributed by atoms with van der Waals surface area (Å²) in [6.07, 6.45) is 12.6. The number of amides is 2. The molecule has 7 nitrogen and oxygen atoms in total. The van der Waals surface area contributed by atoms with Crippen LogP contribution in [0.5, 0.6) is 0 Å². The zero-order valence-corrected chi connectivity index (χ0v) is 32.1. The lowest BCUT2D eigenvalue weighted by molar-refractivity contribution is -0.132. The molecule has 3 aliphatic heterocycles. The quantitative estimate of drug-likeness (QED) is 0.207. The highest BCUT2D eigenvalue weighted by molar-refractivity contribution is 5.99. The van der Waals surface area contributed by atoms with Crippen LogP contribution in [-0.2, 0) is 16.1 Å². The Balaban J connectivity index is 1.36. The maximum atomic E-state index is 14.1. The second kappa shape index (κ2) is 18.0. The molecule has 0 aliphatic carbocycles. The Bertz CT molecular complexity index is 1400. The van der Waals surface area contributed by atoms with Gasteiger partial charge in [0.1, 0.15) is 0 Å². The number of rotatable bonds is 13. The van der Waals surface area contributed by atoms with Crippen LogP contribution in [-0.4, -0.2) is 67.7 Å². The van der Waals surface area contributed by atoms with E-state index in [4.69, 9.17) is 4.74 Å². The Kier molecular flexibility index (Phi) is 13.8. The van der Waals surface area contributed by atoms with Crippen LogP contribution in [0, 0.1) is 24.7 Å². The number of nitrogens with zero attached hydrogens (tertiary/aromatic N) is 2. The Morgan fingerprint density at radius 2 is 1.76 bits per heavy atom. The molecule has 4 atom stereocenters. The molecular formula is C43H66N4O3. The van der Waals surface area contributed by atoms with E-state index in [-0.39, 0.29) is 29.2 Å². The van der Waals surface area contributed by atoms with Crippen molar-refractivity contribution in [3.63, 3.8) is 0 Å². The minimum Gasteiger partial charge on any atom is -0.381 e. The molecule has 0 spiro atoms. The number of ether oxygens (including phenoxy) is 1. The van der Waals surface area contributed by atoms with Crippen molar-refractivity contribution < 1.29 is 14.3 Å². The molecule has 0 radical (unpaired) electrons. The average Bonchev–Trinajstić information content (AvgIpc) is 3.09. The standard InChI is InChI=1S/C43H66N4O3/c1-7-9-11-21-43(6)28-32(4)39(42(49)45-43)29-44-41(48)38-26-36(27-40(33(38)5)47(8-2)37-19-24-50-25-20-37)35-16-14-34(15-17-35)30-46-22-12-10-13-31(3)18-23-46/h14-17,26-27,31-32,37,39H,7-13,18-25,28-30H2,1-6H3,(H,44,48)(H,45,49). The van der Waals surface area contributed by atoms with Crippen molar-refractivity contribution in [3.8, 4) is 11.1 Å². The number of piperidine rings is 1. The Hall–Kier alpha value is -2.90. The summed E-state index contributed by atoms with van der Waals surface area (Å²) in [6, 6.07) is 13.7. The summed E-state index contributed by atoms with van der Waals surface area (Å²) >= 11 is 0. The molecule has 3 saturated heterocycles. The fourth-order valence-corrected chi connectivity index (χ4v) is 8.80. The van der Waals surface area contributed by atoms with Crippen LogP contribution in [0.25, 0.3) is 11.1 Å². The van der Waals surface area contributed by atoms with E-state index in [1.54, 1.807) is 0 Å². The number of hydrogen-bond acceptors (Lipinski definition) is 5. The highest BCUT2D eigenvalue weighted by Crippen LogP contribution is 2.35. The van der Waals surface area contributed by atoms with Gasteiger partial charge in [-0.1, -0.05) is 77.1 Å². The summed E-state index contributed by atoms with van der Waals surface area (Å²) in [5.74, 6) is 0.734. The first-order chi connectivity index (χ1) is 24.1. The number of nitrogens with one attached hydrogen (secondary N) is 2. The Morgan fingerprint density at radius 3 is 2.46 bits per heavy atom. The molecule has 276 valence electrons. The minimum absolute atomic E-state index is 0.0659. The third kappa shape index (κ3) is 9.91. The molecule has 5 rings (SSSR count). The van der Waals surface area contributed by atoms with Gasteiger partial charge in [0.2, 0.25) is 5.91 Å². The lowest BCUT2D eigenvalue weighted by atomic mass is 9.75. The summed E-state index contributed by atoms with van der Waals surface area (Å²) in [6.45, 7) is 19.3. The molecule has 3 aliphatic rings. The number of unbranched alkanes of at least 4 members (excludes halogenated alkanes) is 2. The normalized spacial score (nSPS) is 25.4.